The summed E-state index contributed by atoms with van der Waals surface area (Å²) in [6, 6.07) is 1.15. The lowest BCUT2D eigenvalue weighted by molar-refractivity contribution is 0.214. The lowest BCUT2D eigenvalue weighted by Crippen LogP contribution is -2.24. The van der Waals surface area contributed by atoms with Crippen LogP contribution in [0.4, 0.5) is 10.2 Å². The van der Waals surface area contributed by atoms with Crippen LogP contribution in [0.3, 0.4) is 0 Å². The Labute approximate surface area is 144 Å². The molecule has 0 saturated carbocycles. The van der Waals surface area contributed by atoms with Crippen LogP contribution >= 0.6 is 23.2 Å². The molecule has 0 aromatic carbocycles. The summed E-state index contributed by atoms with van der Waals surface area (Å²) in [5.41, 5.74) is 0.778. The third-order valence-corrected chi connectivity index (χ3v) is 3.61. The number of pyridine rings is 1. The molecule has 1 atom stereocenters. The molecular weight excluding hydrogens is 342 g/mol. The van der Waals surface area contributed by atoms with Gasteiger partial charge in [0.2, 0.25) is 0 Å². The van der Waals surface area contributed by atoms with E-state index in [1.807, 2.05) is 6.92 Å². The topological polar surface area (TPSA) is 59.9 Å². The van der Waals surface area contributed by atoms with Crippen molar-refractivity contribution in [2.45, 2.75) is 33.3 Å². The van der Waals surface area contributed by atoms with Gasteiger partial charge in [-0.25, -0.2) is 19.3 Å². The molecule has 124 valence electrons. The molecule has 0 fully saturated rings. The number of ether oxygens (including phenoxy) is 1. The van der Waals surface area contributed by atoms with Crippen LogP contribution in [0.1, 0.15) is 25.4 Å². The van der Waals surface area contributed by atoms with Gasteiger partial charge in [-0.15, -0.1) is 0 Å². The van der Waals surface area contributed by atoms with E-state index in [0.29, 0.717) is 29.6 Å². The van der Waals surface area contributed by atoms with E-state index in [0.717, 1.165) is 11.8 Å². The maximum atomic E-state index is 13.7. The largest absolute Gasteiger partial charge is 0.471 e. The van der Waals surface area contributed by atoms with E-state index in [2.05, 4.69) is 20.3 Å². The van der Waals surface area contributed by atoms with Gasteiger partial charge in [-0.05, 0) is 26.3 Å². The SMILES string of the molecule is CCc1nc(C)nc(NC[C@@H](C)Oc2ncc(Cl)cc2F)c1Cl. The first kappa shape index (κ1) is 17.7. The standard InChI is InChI=1S/C15H17Cl2FN4O/c1-4-12-13(17)14(22-9(3)21-12)19-6-8(2)23-15-11(18)5-10(16)7-20-15/h5,7-8H,4,6H2,1-3H3,(H,19,21,22)/t8-/m1/s1. The molecule has 2 rings (SSSR count). The Kier molecular flexibility index (Phi) is 5.96. The van der Waals surface area contributed by atoms with Gasteiger partial charge < -0.3 is 10.1 Å². The van der Waals surface area contributed by atoms with Crippen LogP contribution in [0, 0.1) is 12.7 Å². The van der Waals surface area contributed by atoms with E-state index in [-0.39, 0.29) is 17.0 Å². The molecule has 5 nitrogen and oxygen atoms in total. The van der Waals surface area contributed by atoms with Crippen molar-refractivity contribution in [1.29, 1.82) is 0 Å². The lowest BCUT2D eigenvalue weighted by atomic mass is 10.3. The second-order valence-electron chi connectivity index (χ2n) is 4.98. The van der Waals surface area contributed by atoms with Crippen LogP contribution < -0.4 is 10.1 Å². The lowest BCUT2D eigenvalue weighted by Gasteiger charge is -2.16. The molecule has 1 N–H and O–H groups in total. The van der Waals surface area contributed by atoms with Crippen molar-refractivity contribution in [1.82, 2.24) is 15.0 Å². The Morgan fingerprint density at radius 1 is 1.35 bits per heavy atom. The minimum Gasteiger partial charge on any atom is -0.471 e. The quantitative estimate of drug-likeness (QED) is 0.843. The number of hydrogen-bond donors (Lipinski definition) is 1. The van der Waals surface area contributed by atoms with E-state index in [1.165, 1.54) is 6.20 Å². The summed E-state index contributed by atoms with van der Waals surface area (Å²) in [5.74, 6) is 0.472. The predicted molar refractivity (Wildman–Crippen MR) is 88.9 cm³/mol. The monoisotopic (exact) mass is 358 g/mol. The van der Waals surface area contributed by atoms with Gasteiger partial charge in [0.15, 0.2) is 5.82 Å². The number of aromatic nitrogens is 3. The number of nitrogens with one attached hydrogen (secondary N) is 1. The average Bonchev–Trinajstić information content (AvgIpc) is 2.50. The number of aryl methyl sites for hydroxylation is 2. The molecule has 2 aromatic heterocycles. The Morgan fingerprint density at radius 2 is 2.09 bits per heavy atom. The summed E-state index contributed by atoms with van der Waals surface area (Å²) < 4.78 is 19.1. The molecule has 0 aliphatic carbocycles. The fraction of sp³-hybridized carbons (Fsp3) is 0.400. The highest BCUT2D eigenvalue weighted by atomic mass is 35.5. The Balaban J connectivity index is 2.02. The third kappa shape index (κ3) is 4.65. The summed E-state index contributed by atoms with van der Waals surface area (Å²) >= 11 is 11.9. The third-order valence-electron chi connectivity index (χ3n) is 3.01. The highest BCUT2D eigenvalue weighted by Gasteiger charge is 2.13. The van der Waals surface area contributed by atoms with Crippen LogP contribution in [0.2, 0.25) is 10.0 Å². The maximum Gasteiger partial charge on any atom is 0.250 e. The summed E-state index contributed by atoms with van der Waals surface area (Å²) in [6.07, 6.45) is 1.69. The number of rotatable bonds is 6. The van der Waals surface area contributed by atoms with Crippen LogP contribution in [0.15, 0.2) is 12.3 Å². The molecule has 23 heavy (non-hydrogen) atoms. The summed E-state index contributed by atoms with van der Waals surface area (Å²) in [6.45, 7) is 5.93. The van der Waals surface area contributed by atoms with Crippen LogP contribution in [-0.2, 0) is 6.42 Å². The summed E-state index contributed by atoms with van der Waals surface area (Å²) in [4.78, 5) is 12.4. The predicted octanol–water partition coefficient (Wildman–Crippen LogP) is 4.07. The van der Waals surface area contributed by atoms with Crippen molar-refractivity contribution in [3.05, 3.63) is 39.6 Å². The van der Waals surface area contributed by atoms with Crippen molar-refractivity contribution in [3.8, 4) is 5.88 Å². The van der Waals surface area contributed by atoms with Gasteiger partial charge in [-0.1, -0.05) is 30.1 Å². The zero-order valence-electron chi connectivity index (χ0n) is 13.0. The van der Waals surface area contributed by atoms with E-state index in [9.17, 15) is 4.39 Å². The van der Waals surface area contributed by atoms with E-state index in [1.54, 1.807) is 13.8 Å². The number of nitrogens with zero attached hydrogens (tertiary/aromatic N) is 3. The molecule has 0 amide bonds. The Morgan fingerprint density at radius 3 is 2.74 bits per heavy atom. The van der Waals surface area contributed by atoms with E-state index >= 15 is 0 Å². The van der Waals surface area contributed by atoms with E-state index < -0.39 is 5.82 Å². The van der Waals surface area contributed by atoms with Crippen molar-refractivity contribution >= 4 is 29.0 Å². The summed E-state index contributed by atoms with van der Waals surface area (Å²) in [7, 11) is 0. The maximum absolute atomic E-state index is 13.7. The van der Waals surface area contributed by atoms with Crippen molar-refractivity contribution in [2.24, 2.45) is 0 Å². The minimum atomic E-state index is -0.603. The number of halogens is 3. The fourth-order valence-corrected chi connectivity index (χ4v) is 2.36. The molecule has 8 heteroatoms. The second-order valence-corrected chi connectivity index (χ2v) is 5.80. The van der Waals surface area contributed by atoms with Gasteiger partial charge in [0, 0.05) is 6.20 Å². The van der Waals surface area contributed by atoms with Crippen molar-refractivity contribution in [2.75, 3.05) is 11.9 Å². The zero-order chi connectivity index (χ0) is 17.0. The Hall–Kier alpha value is -1.66. The fourth-order valence-electron chi connectivity index (χ4n) is 1.93. The molecule has 0 spiro atoms. The molecule has 0 aliphatic rings. The zero-order valence-corrected chi connectivity index (χ0v) is 14.5. The molecule has 0 saturated heterocycles. The molecule has 0 radical (unpaired) electrons. The smallest absolute Gasteiger partial charge is 0.250 e. The first-order chi connectivity index (χ1) is 10.9. The first-order valence-corrected chi connectivity index (χ1v) is 7.90. The molecule has 2 aromatic rings. The van der Waals surface area contributed by atoms with Gasteiger partial charge >= 0.3 is 0 Å². The van der Waals surface area contributed by atoms with Crippen molar-refractivity contribution < 1.29 is 9.13 Å². The van der Waals surface area contributed by atoms with Crippen LogP contribution in [0.25, 0.3) is 0 Å². The number of hydrogen-bond acceptors (Lipinski definition) is 5. The molecule has 0 unspecified atom stereocenters. The normalized spacial score (nSPS) is 12.1. The van der Waals surface area contributed by atoms with Crippen LogP contribution in [-0.4, -0.2) is 27.6 Å². The highest BCUT2D eigenvalue weighted by Crippen LogP contribution is 2.24. The molecule has 0 aliphatic heterocycles. The van der Waals surface area contributed by atoms with Crippen LogP contribution in [0.5, 0.6) is 5.88 Å². The first-order valence-electron chi connectivity index (χ1n) is 7.15. The van der Waals surface area contributed by atoms with Crippen molar-refractivity contribution in [3.63, 3.8) is 0 Å². The van der Waals surface area contributed by atoms with E-state index in [4.69, 9.17) is 27.9 Å². The molecule has 2 heterocycles. The molecule has 0 bridgehead atoms. The van der Waals surface area contributed by atoms with Gasteiger partial charge in [0.1, 0.15) is 22.8 Å². The molecular formula is C15H17Cl2FN4O. The highest BCUT2D eigenvalue weighted by molar-refractivity contribution is 6.33. The summed E-state index contributed by atoms with van der Waals surface area (Å²) in [5, 5.41) is 3.80. The number of anilines is 1. The van der Waals surface area contributed by atoms with Gasteiger partial charge in [-0.3, -0.25) is 0 Å². The second kappa shape index (κ2) is 7.75. The Bertz CT molecular complexity index is 699. The minimum absolute atomic E-state index is 0.0945. The average molecular weight is 359 g/mol. The van der Waals surface area contributed by atoms with Gasteiger partial charge in [-0.2, -0.15) is 0 Å². The van der Waals surface area contributed by atoms with Gasteiger partial charge in [0.05, 0.1) is 17.3 Å². The van der Waals surface area contributed by atoms with Gasteiger partial charge in [0.25, 0.3) is 5.88 Å².